The number of fused-ring (bicyclic) bond motifs is 1. The number of esters is 1. The van der Waals surface area contributed by atoms with Crippen molar-refractivity contribution in [2.75, 3.05) is 13.2 Å². The molecule has 1 saturated heterocycles. The van der Waals surface area contributed by atoms with Crippen molar-refractivity contribution in [3.8, 4) is 0 Å². The van der Waals surface area contributed by atoms with Gasteiger partial charge in [-0.05, 0) is 33.8 Å². The Balaban J connectivity index is 2.01. The molecular formula is C20H22N2O5. The van der Waals surface area contributed by atoms with E-state index < -0.39 is 41.4 Å². The van der Waals surface area contributed by atoms with Crippen LogP contribution in [0.2, 0.25) is 0 Å². The highest BCUT2D eigenvalue weighted by molar-refractivity contribution is 6.24. The monoisotopic (exact) mass is 370 g/mol. The van der Waals surface area contributed by atoms with Gasteiger partial charge in [-0.3, -0.25) is 24.1 Å². The van der Waals surface area contributed by atoms with Gasteiger partial charge in [-0.15, -0.1) is 0 Å². The van der Waals surface area contributed by atoms with Gasteiger partial charge in [0.1, 0.15) is 12.5 Å². The molecule has 27 heavy (non-hydrogen) atoms. The number of likely N-dealkylation sites (tertiary alicyclic amines) is 1. The highest BCUT2D eigenvalue weighted by Crippen LogP contribution is 2.41. The second kappa shape index (κ2) is 6.64. The van der Waals surface area contributed by atoms with Gasteiger partial charge in [-0.2, -0.15) is 0 Å². The van der Waals surface area contributed by atoms with Crippen molar-refractivity contribution in [3.05, 3.63) is 35.5 Å². The van der Waals surface area contributed by atoms with Gasteiger partial charge in [0.15, 0.2) is 5.78 Å². The molecule has 0 saturated carbocycles. The number of imide groups is 1. The second-order valence-corrected chi connectivity index (χ2v) is 7.22. The van der Waals surface area contributed by atoms with Crippen LogP contribution in [0.25, 0.3) is 10.9 Å². The number of nitrogens with zero attached hydrogens (tertiary/aromatic N) is 1. The van der Waals surface area contributed by atoms with E-state index in [1.54, 1.807) is 33.8 Å². The third kappa shape index (κ3) is 2.93. The average molecular weight is 370 g/mol. The number of aromatic amines is 1. The fourth-order valence-corrected chi connectivity index (χ4v) is 3.70. The molecule has 1 fully saturated rings. The lowest BCUT2D eigenvalue weighted by atomic mass is 9.76. The van der Waals surface area contributed by atoms with Gasteiger partial charge in [0, 0.05) is 22.2 Å². The van der Waals surface area contributed by atoms with Gasteiger partial charge >= 0.3 is 5.97 Å². The Kier molecular flexibility index (Phi) is 4.63. The Morgan fingerprint density at radius 1 is 1.22 bits per heavy atom. The van der Waals surface area contributed by atoms with Crippen LogP contribution < -0.4 is 0 Å². The van der Waals surface area contributed by atoms with Crippen LogP contribution in [0.3, 0.4) is 0 Å². The van der Waals surface area contributed by atoms with Gasteiger partial charge in [0.25, 0.3) is 0 Å². The number of benzene rings is 1. The van der Waals surface area contributed by atoms with Gasteiger partial charge in [-0.1, -0.05) is 18.2 Å². The van der Waals surface area contributed by atoms with E-state index in [1.165, 1.54) is 0 Å². The lowest BCUT2D eigenvalue weighted by Gasteiger charge is -2.20. The Labute approximate surface area is 156 Å². The summed E-state index contributed by atoms with van der Waals surface area (Å²) in [7, 11) is 0. The molecule has 0 spiro atoms. The van der Waals surface area contributed by atoms with Crippen molar-refractivity contribution >= 4 is 34.5 Å². The number of hydrogen-bond acceptors (Lipinski definition) is 5. The summed E-state index contributed by atoms with van der Waals surface area (Å²) in [5.41, 5.74) is 0.589. The zero-order chi connectivity index (χ0) is 19.9. The van der Waals surface area contributed by atoms with Crippen LogP contribution in [0, 0.1) is 18.3 Å². The molecule has 1 unspecified atom stereocenters. The molecule has 0 bridgehead atoms. The molecule has 0 radical (unpaired) electrons. The summed E-state index contributed by atoms with van der Waals surface area (Å²) in [5.74, 6) is -3.48. The topological polar surface area (TPSA) is 96.5 Å². The number of para-hydroxylation sites is 1. The summed E-state index contributed by atoms with van der Waals surface area (Å²) in [6.07, 6.45) is 0. The SMILES string of the molecule is CCOC(=O)CN1C(=O)C(C(=O)c2c(C)[nH]c3ccccc23)C(C)(C)C1=O. The third-order valence-corrected chi connectivity index (χ3v) is 5.03. The number of carbonyl (C=O) groups is 4. The normalized spacial score (nSPS) is 19.0. The number of aromatic nitrogens is 1. The number of aryl methyl sites for hydroxylation is 1. The first-order chi connectivity index (χ1) is 12.7. The van der Waals surface area contributed by atoms with Crippen LogP contribution >= 0.6 is 0 Å². The van der Waals surface area contributed by atoms with Crippen molar-refractivity contribution in [2.45, 2.75) is 27.7 Å². The Morgan fingerprint density at radius 2 is 1.89 bits per heavy atom. The molecule has 1 N–H and O–H groups in total. The van der Waals surface area contributed by atoms with Crippen LogP contribution in [0.5, 0.6) is 0 Å². The van der Waals surface area contributed by atoms with E-state index in [1.807, 2.05) is 18.2 Å². The van der Waals surface area contributed by atoms with E-state index in [-0.39, 0.29) is 6.61 Å². The summed E-state index contributed by atoms with van der Waals surface area (Å²) in [5, 5.41) is 0.708. The molecule has 0 aliphatic carbocycles. The number of ether oxygens (including phenoxy) is 1. The van der Waals surface area contributed by atoms with Crippen molar-refractivity contribution in [1.82, 2.24) is 9.88 Å². The molecule has 3 rings (SSSR count). The first kappa shape index (κ1) is 18.8. The van der Waals surface area contributed by atoms with Gasteiger partial charge < -0.3 is 9.72 Å². The molecule has 1 atom stereocenters. The molecule has 142 valence electrons. The molecule has 1 aromatic carbocycles. The Morgan fingerprint density at radius 3 is 2.56 bits per heavy atom. The predicted molar refractivity (Wildman–Crippen MR) is 98.0 cm³/mol. The number of amides is 2. The van der Waals surface area contributed by atoms with Crippen molar-refractivity contribution < 1.29 is 23.9 Å². The smallest absolute Gasteiger partial charge is 0.326 e. The lowest BCUT2D eigenvalue weighted by Crippen LogP contribution is -2.37. The number of H-pyrrole nitrogens is 1. The summed E-state index contributed by atoms with van der Waals surface area (Å²) >= 11 is 0. The number of nitrogens with one attached hydrogen (secondary N) is 1. The molecule has 1 aromatic heterocycles. The fourth-order valence-electron chi connectivity index (χ4n) is 3.70. The zero-order valence-electron chi connectivity index (χ0n) is 15.8. The van der Waals surface area contributed by atoms with Crippen LogP contribution in [0.4, 0.5) is 0 Å². The number of carbonyl (C=O) groups excluding carboxylic acids is 4. The first-order valence-electron chi connectivity index (χ1n) is 8.83. The van der Waals surface area contributed by atoms with E-state index in [0.717, 1.165) is 10.4 Å². The maximum Gasteiger partial charge on any atom is 0.326 e. The van der Waals surface area contributed by atoms with Crippen molar-refractivity contribution in [2.24, 2.45) is 11.3 Å². The summed E-state index contributed by atoms with van der Waals surface area (Å²) in [6, 6.07) is 7.31. The van der Waals surface area contributed by atoms with E-state index in [9.17, 15) is 19.2 Å². The molecule has 7 nitrogen and oxygen atoms in total. The van der Waals surface area contributed by atoms with E-state index >= 15 is 0 Å². The van der Waals surface area contributed by atoms with Crippen LogP contribution in [0.15, 0.2) is 24.3 Å². The molecule has 1 aliphatic rings. The van der Waals surface area contributed by atoms with Crippen LogP contribution in [-0.4, -0.2) is 46.6 Å². The summed E-state index contributed by atoms with van der Waals surface area (Å²) in [6.45, 7) is 6.19. The quantitative estimate of drug-likeness (QED) is 0.377. The van der Waals surface area contributed by atoms with Crippen molar-refractivity contribution in [3.63, 3.8) is 0 Å². The van der Waals surface area contributed by atoms with Gasteiger partial charge in [-0.25, -0.2) is 0 Å². The minimum atomic E-state index is -1.24. The Hall–Kier alpha value is -2.96. The first-order valence-corrected chi connectivity index (χ1v) is 8.83. The summed E-state index contributed by atoms with van der Waals surface area (Å²) in [4.78, 5) is 54.8. The zero-order valence-corrected chi connectivity index (χ0v) is 15.8. The highest BCUT2D eigenvalue weighted by Gasteiger charge is 2.57. The number of rotatable bonds is 5. The minimum Gasteiger partial charge on any atom is -0.465 e. The Bertz CT molecular complexity index is 956. The molecule has 2 heterocycles. The lowest BCUT2D eigenvalue weighted by molar-refractivity contribution is -0.153. The predicted octanol–water partition coefficient (Wildman–Crippen LogP) is 2.23. The largest absolute Gasteiger partial charge is 0.465 e. The summed E-state index contributed by atoms with van der Waals surface area (Å²) < 4.78 is 4.84. The van der Waals surface area contributed by atoms with Gasteiger partial charge in [0.05, 0.1) is 12.0 Å². The molecule has 2 aromatic rings. The third-order valence-electron chi connectivity index (χ3n) is 5.03. The number of hydrogen-bond donors (Lipinski definition) is 1. The molecular weight excluding hydrogens is 348 g/mol. The standard InChI is InChI=1S/C20H22N2O5/c1-5-27-14(23)10-22-18(25)16(20(3,4)19(22)26)17(24)15-11(2)21-13-9-7-6-8-12(13)15/h6-9,16,21H,5,10H2,1-4H3. The minimum absolute atomic E-state index is 0.148. The fraction of sp³-hybridized carbons (Fsp3) is 0.400. The van der Waals surface area contributed by atoms with Crippen molar-refractivity contribution in [1.29, 1.82) is 0 Å². The molecule has 2 amide bonds. The van der Waals surface area contributed by atoms with Crippen LogP contribution in [-0.2, 0) is 19.1 Å². The maximum atomic E-state index is 13.3. The van der Waals surface area contributed by atoms with E-state index in [2.05, 4.69) is 4.98 Å². The maximum absolute atomic E-state index is 13.3. The number of Topliss-reactive ketones (excluding diaryl/α,β-unsaturated/α-hetero) is 1. The van der Waals surface area contributed by atoms with Crippen LogP contribution in [0.1, 0.15) is 36.8 Å². The van der Waals surface area contributed by atoms with Gasteiger partial charge in [0.2, 0.25) is 11.8 Å². The van der Waals surface area contributed by atoms with E-state index in [0.29, 0.717) is 16.6 Å². The number of ketones is 1. The van der Waals surface area contributed by atoms with E-state index in [4.69, 9.17) is 4.74 Å². The highest BCUT2D eigenvalue weighted by atomic mass is 16.5. The second-order valence-electron chi connectivity index (χ2n) is 7.22. The molecule has 7 heteroatoms. The average Bonchev–Trinajstić information content (AvgIpc) is 3.01. The molecule has 1 aliphatic heterocycles.